The maximum atomic E-state index is 12.4. The molecule has 0 radical (unpaired) electrons. The van der Waals surface area contributed by atoms with Crippen molar-refractivity contribution in [2.45, 2.75) is 19.4 Å². The molecule has 0 bridgehead atoms. The van der Waals surface area contributed by atoms with E-state index in [0.717, 1.165) is 30.8 Å². The lowest BCUT2D eigenvalue weighted by atomic mass is 10.0. The van der Waals surface area contributed by atoms with Gasteiger partial charge in [-0.25, -0.2) is 4.98 Å². The number of amides is 1. The molecule has 1 amide bonds. The highest BCUT2D eigenvalue weighted by atomic mass is 35.5. The first-order valence-electron chi connectivity index (χ1n) is 9.05. The van der Waals surface area contributed by atoms with E-state index in [-0.39, 0.29) is 5.91 Å². The van der Waals surface area contributed by atoms with E-state index in [0.29, 0.717) is 17.1 Å². The summed E-state index contributed by atoms with van der Waals surface area (Å²) in [7, 11) is 0. The lowest BCUT2D eigenvalue weighted by Gasteiger charge is -2.30. The van der Waals surface area contributed by atoms with E-state index in [1.54, 1.807) is 6.20 Å². The van der Waals surface area contributed by atoms with Crippen LogP contribution in [0.25, 0.3) is 0 Å². The zero-order chi connectivity index (χ0) is 18.6. The molecule has 5 heteroatoms. The summed E-state index contributed by atoms with van der Waals surface area (Å²) < 4.78 is 0. The molecule has 4 rings (SSSR count). The molecular formula is C22H20ClN3O. The molecule has 0 atom stereocenters. The van der Waals surface area contributed by atoms with Gasteiger partial charge < -0.3 is 10.2 Å². The molecule has 0 saturated carbocycles. The number of halogens is 1. The first-order chi connectivity index (χ1) is 13.2. The molecule has 1 aromatic heterocycles. The molecule has 0 aliphatic carbocycles. The predicted octanol–water partition coefficient (Wildman–Crippen LogP) is 4.75. The minimum absolute atomic E-state index is 0.136. The third-order valence-corrected chi connectivity index (χ3v) is 5.02. The zero-order valence-corrected chi connectivity index (χ0v) is 15.6. The molecule has 0 unspecified atom stereocenters. The number of carbonyl (C=O) groups is 1. The van der Waals surface area contributed by atoms with Crippen molar-refractivity contribution in [1.29, 1.82) is 0 Å². The van der Waals surface area contributed by atoms with Gasteiger partial charge >= 0.3 is 0 Å². The molecule has 0 fully saturated rings. The lowest BCUT2D eigenvalue weighted by Crippen LogP contribution is -2.26. The second kappa shape index (κ2) is 7.80. The summed E-state index contributed by atoms with van der Waals surface area (Å²) in [6.45, 7) is 1.39. The molecule has 0 spiro atoms. The van der Waals surface area contributed by atoms with Crippen LogP contribution in [0.1, 0.15) is 27.9 Å². The van der Waals surface area contributed by atoms with Crippen LogP contribution in [0.2, 0.25) is 5.02 Å². The van der Waals surface area contributed by atoms with Gasteiger partial charge in [-0.3, -0.25) is 4.79 Å². The number of pyridine rings is 1. The largest absolute Gasteiger partial charge is 0.348 e. The Morgan fingerprint density at radius 1 is 1.07 bits per heavy atom. The summed E-state index contributed by atoms with van der Waals surface area (Å²) in [5.74, 6) is 0.736. The van der Waals surface area contributed by atoms with E-state index in [2.05, 4.69) is 39.5 Å². The Balaban J connectivity index is 1.44. The Labute approximate surface area is 163 Å². The normalized spacial score (nSPS) is 13.1. The van der Waals surface area contributed by atoms with Crippen LogP contribution in [-0.4, -0.2) is 17.4 Å². The van der Waals surface area contributed by atoms with Gasteiger partial charge in [0, 0.05) is 30.0 Å². The minimum Gasteiger partial charge on any atom is -0.348 e. The van der Waals surface area contributed by atoms with Gasteiger partial charge in [0.1, 0.15) is 5.82 Å². The molecule has 1 aliphatic heterocycles. The van der Waals surface area contributed by atoms with E-state index < -0.39 is 0 Å². The number of rotatable bonds is 4. The van der Waals surface area contributed by atoms with Crippen molar-refractivity contribution in [2.24, 2.45) is 0 Å². The Bertz CT molecular complexity index is 939. The number of benzene rings is 2. The summed E-state index contributed by atoms with van der Waals surface area (Å²) in [5, 5.41) is 3.60. The van der Waals surface area contributed by atoms with Crippen molar-refractivity contribution < 1.29 is 4.79 Å². The van der Waals surface area contributed by atoms with E-state index in [4.69, 9.17) is 11.6 Å². The highest BCUT2D eigenvalue weighted by Gasteiger charge is 2.18. The first-order valence-corrected chi connectivity index (χ1v) is 9.43. The summed E-state index contributed by atoms with van der Waals surface area (Å²) >= 11 is 5.88. The van der Waals surface area contributed by atoms with Crippen molar-refractivity contribution in [1.82, 2.24) is 10.3 Å². The fraction of sp³-hybridized carbons (Fsp3) is 0.182. The van der Waals surface area contributed by atoms with Crippen LogP contribution < -0.4 is 10.2 Å². The molecule has 2 heterocycles. The van der Waals surface area contributed by atoms with E-state index >= 15 is 0 Å². The Morgan fingerprint density at radius 2 is 1.89 bits per heavy atom. The summed E-state index contributed by atoms with van der Waals surface area (Å²) in [5.41, 5.74) is 4.10. The Hall–Kier alpha value is -2.85. The number of nitrogens with one attached hydrogen (secondary N) is 1. The van der Waals surface area contributed by atoms with Gasteiger partial charge in [0.2, 0.25) is 0 Å². The van der Waals surface area contributed by atoms with Crippen molar-refractivity contribution in [2.75, 3.05) is 11.4 Å². The maximum absolute atomic E-state index is 12.4. The fourth-order valence-corrected chi connectivity index (χ4v) is 3.46. The number of carbonyl (C=O) groups excluding carboxylic acids is 1. The number of fused-ring (bicyclic) bond motifs is 1. The van der Waals surface area contributed by atoms with Crippen LogP contribution in [0.5, 0.6) is 0 Å². The quantitative estimate of drug-likeness (QED) is 0.713. The Morgan fingerprint density at radius 3 is 2.67 bits per heavy atom. The lowest BCUT2D eigenvalue weighted by molar-refractivity contribution is 0.0950. The maximum Gasteiger partial charge on any atom is 0.253 e. The third kappa shape index (κ3) is 3.96. The third-order valence-electron chi connectivity index (χ3n) is 4.76. The highest BCUT2D eigenvalue weighted by molar-refractivity contribution is 6.30. The van der Waals surface area contributed by atoms with E-state index in [9.17, 15) is 4.79 Å². The molecule has 1 N–H and O–H groups in total. The SMILES string of the molecule is O=C(NCc1ccc(Cl)cc1)c1ccc(N2CCCc3ccccc32)nc1. The molecular weight excluding hydrogens is 358 g/mol. The average Bonchev–Trinajstić information content (AvgIpc) is 2.73. The van der Waals surface area contributed by atoms with Crippen LogP contribution in [0.15, 0.2) is 66.9 Å². The van der Waals surface area contributed by atoms with Gasteiger partial charge in [-0.05, 0) is 54.3 Å². The van der Waals surface area contributed by atoms with Crippen molar-refractivity contribution >= 4 is 29.0 Å². The molecule has 136 valence electrons. The van der Waals surface area contributed by atoms with Gasteiger partial charge in [-0.15, -0.1) is 0 Å². The fourth-order valence-electron chi connectivity index (χ4n) is 3.34. The molecule has 1 aliphatic rings. The highest BCUT2D eigenvalue weighted by Crippen LogP contribution is 2.32. The van der Waals surface area contributed by atoms with Gasteiger partial charge in [-0.2, -0.15) is 0 Å². The molecule has 27 heavy (non-hydrogen) atoms. The van der Waals surface area contributed by atoms with Crippen LogP contribution in [0.4, 0.5) is 11.5 Å². The second-order valence-corrected chi connectivity index (χ2v) is 7.03. The predicted molar refractivity (Wildman–Crippen MR) is 109 cm³/mol. The van der Waals surface area contributed by atoms with Crippen LogP contribution in [0.3, 0.4) is 0 Å². The molecule has 3 aromatic rings. The van der Waals surface area contributed by atoms with Crippen molar-refractivity contribution in [3.8, 4) is 0 Å². The van der Waals surface area contributed by atoms with E-state index in [1.165, 1.54) is 11.3 Å². The molecule has 2 aromatic carbocycles. The number of aromatic nitrogens is 1. The number of hydrogen-bond donors (Lipinski definition) is 1. The monoisotopic (exact) mass is 377 g/mol. The van der Waals surface area contributed by atoms with Gasteiger partial charge in [-0.1, -0.05) is 41.9 Å². The number of para-hydroxylation sites is 1. The van der Waals surface area contributed by atoms with Crippen LogP contribution >= 0.6 is 11.6 Å². The van der Waals surface area contributed by atoms with Crippen LogP contribution in [-0.2, 0) is 13.0 Å². The summed E-state index contributed by atoms with van der Waals surface area (Å²) in [4.78, 5) is 19.1. The van der Waals surface area contributed by atoms with Crippen molar-refractivity contribution in [3.63, 3.8) is 0 Å². The number of anilines is 2. The summed E-state index contributed by atoms with van der Waals surface area (Å²) in [6, 6.07) is 19.6. The standard InChI is InChI=1S/C22H20ClN3O/c23-19-10-7-16(8-11-19)14-25-22(27)18-9-12-21(24-15-18)26-13-3-5-17-4-1-2-6-20(17)26/h1-2,4,6-12,15H,3,5,13-14H2,(H,25,27). The van der Waals surface area contributed by atoms with Crippen LogP contribution in [0, 0.1) is 0 Å². The zero-order valence-electron chi connectivity index (χ0n) is 14.9. The minimum atomic E-state index is -0.136. The molecule has 4 nitrogen and oxygen atoms in total. The topological polar surface area (TPSA) is 45.2 Å². The van der Waals surface area contributed by atoms with Gasteiger partial charge in [0.25, 0.3) is 5.91 Å². The number of aryl methyl sites for hydroxylation is 1. The first kappa shape index (κ1) is 17.6. The Kier molecular flexibility index (Phi) is 5.07. The van der Waals surface area contributed by atoms with E-state index in [1.807, 2.05) is 36.4 Å². The van der Waals surface area contributed by atoms with Gasteiger partial charge in [0.05, 0.1) is 5.56 Å². The number of hydrogen-bond acceptors (Lipinski definition) is 3. The van der Waals surface area contributed by atoms with Gasteiger partial charge in [0.15, 0.2) is 0 Å². The van der Waals surface area contributed by atoms with Crippen molar-refractivity contribution in [3.05, 3.63) is 88.6 Å². The summed E-state index contributed by atoms with van der Waals surface area (Å²) in [6.07, 6.45) is 3.84. The number of nitrogens with zero attached hydrogens (tertiary/aromatic N) is 2. The average molecular weight is 378 g/mol. The smallest absolute Gasteiger partial charge is 0.253 e. The molecule has 0 saturated heterocycles. The second-order valence-electron chi connectivity index (χ2n) is 6.60.